The van der Waals surface area contributed by atoms with Gasteiger partial charge >= 0.3 is 0 Å². The summed E-state index contributed by atoms with van der Waals surface area (Å²) in [6, 6.07) is 10.8. The van der Waals surface area contributed by atoms with E-state index >= 15 is 0 Å². The molecule has 1 heterocycles. The van der Waals surface area contributed by atoms with Crippen LogP contribution in [0, 0.1) is 5.82 Å². The third-order valence-corrected chi connectivity index (χ3v) is 4.03. The maximum atomic E-state index is 14.2. The summed E-state index contributed by atoms with van der Waals surface area (Å²) in [5.41, 5.74) is 3.33. The van der Waals surface area contributed by atoms with Gasteiger partial charge in [-0.15, -0.1) is 0 Å². The minimum atomic E-state index is -0.290. The van der Waals surface area contributed by atoms with Crippen molar-refractivity contribution in [2.45, 2.75) is 19.9 Å². The van der Waals surface area contributed by atoms with Crippen molar-refractivity contribution in [2.24, 2.45) is 7.05 Å². The summed E-state index contributed by atoms with van der Waals surface area (Å²) in [7, 11) is 1.89. The van der Waals surface area contributed by atoms with E-state index < -0.39 is 0 Å². The fraction of sp³-hybridized carbons (Fsp3) is 0.235. The van der Waals surface area contributed by atoms with Crippen molar-refractivity contribution in [1.29, 1.82) is 0 Å². The molecule has 0 aliphatic heterocycles. The number of benzene rings is 2. The number of aryl methyl sites for hydroxylation is 2. The van der Waals surface area contributed by atoms with Crippen molar-refractivity contribution in [1.82, 2.24) is 9.78 Å². The van der Waals surface area contributed by atoms with E-state index in [1.165, 1.54) is 6.07 Å². The number of nitrogens with one attached hydrogen (secondary N) is 1. The first-order valence-corrected chi connectivity index (χ1v) is 7.59. The zero-order chi connectivity index (χ0) is 15.7. The Kier molecular flexibility index (Phi) is 4.03. The summed E-state index contributed by atoms with van der Waals surface area (Å²) in [5, 5.41) is 9.18. The molecular formula is C17H17ClFN3. The quantitative estimate of drug-likeness (QED) is 0.765. The lowest BCUT2D eigenvalue weighted by Crippen LogP contribution is -2.01. The summed E-state index contributed by atoms with van der Waals surface area (Å²) in [6.07, 6.45) is 0.856. The Morgan fingerprint density at radius 2 is 1.95 bits per heavy atom. The minimum Gasteiger partial charge on any atom is -0.379 e. The van der Waals surface area contributed by atoms with E-state index in [2.05, 4.69) is 17.3 Å². The Balaban J connectivity index is 1.89. The fourth-order valence-corrected chi connectivity index (χ4v) is 2.75. The Morgan fingerprint density at radius 3 is 2.64 bits per heavy atom. The van der Waals surface area contributed by atoms with Crippen molar-refractivity contribution in [3.05, 3.63) is 58.5 Å². The first-order valence-electron chi connectivity index (χ1n) is 7.22. The molecule has 2 aromatic carbocycles. The molecule has 0 amide bonds. The summed E-state index contributed by atoms with van der Waals surface area (Å²) in [4.78, 5) is 0. The number of hydrogen-bond acceptors (Lipinski definition) is 2. The first kappa shape index (κ1) is 14.9. The Hall–Kier alpha value is -2.07. The highest BCUT2D eigenvalue weighted by molar-refractivity contribution is 6.30. The van der Waals surface area contributed by atoms with Gasteiger partial charge in [-0.3, -0.25) is 4.68 Å². The van der Waals surface area contributed by atoms with Gasteiger partial charge in [-0.2, -0.15) is 5.10 Å². The van der Waals surface area contributed by atoms with Crippen LogP contribution >= 0.6 is 11.6 Å². The second-order valence-corrected chi connectivity index (χ2v) is 5.69. The van der Waals surface area contributed by atoms with Gasteiger partial charge in [-0.05, 0) is 30.2 Å². The van der Waals surface area contributed by atoms with Crippen molar-refractivity contribution < 1.29 is 4.39 Å². The third kappa shape index (κ3) is 2.79. The molecule has 114 valence electrons. The van der Waals surface area contributed by atoms with Crippen LogP contribution in [0.3, 0.4) is 0 Å². The average molecular weight is 318 g/mol. The molecule has 3 rings (SSSR count). The Labute approximate surface area is 133 Å². The highest BCUT2D eigenvalue weighted by Gasteiger charge is 2.12. The first-order chi connectivity index (χ1) is 10.6. The van der Waals surface area contributed by atoms with Crippen molar-refractivity contribution in [3.8, 4) is 0 Å². The highest BCUT2D eigenvalue weighted by atomic mass is 35.5. The van der Waals surface area contributed by atoms with Crippen LogP contribution in [0.2, 0.25) is 5.02 Å². The molecular weight excluding hydrogens is 301 g/mol. The fourth-order valence-electron chi connectivity index (χ4n) is 2.63. The molecule has 1 N–H and O–H groups in total. The second kappa shape index (κ2) is 5.97. The number of halogens is 2. The van der Waals surface area contributed by atoms with Gasteiger partial charge in [0.15, 0.2) is 0 Å². The van der Waals surface area contributed by atoms with Crippen LogP contribution in [0.4, 0.5) is 10.1 Å². The molecule has 0 saturated heterocycles. The Bertz CT molecular complexity index is 809. The monoisotopic (exact) mass is 317 g/mol. The SMILES string of the molecule is CCc1c2cc(NCc3ccc(Cl)cc3)c(F)cc2nn1C. The summed E-state index contributed by atoms with van der Waals surface area (Å²) < 4.78 is 16.0. The molecule has 3 nitrogen and oxygen atoms in total. The van der Waals surface area contributed by atoms with E-state index in [1.54, 1.807) is 0 Å². The lowest BCUT2D eigenvalue weighted by atomic mass is 10.1. The van der Waals surface area contributed by atoms with E-state index in [0.717, 1.165) is 23.1 Å². The van der Waals surface area contributed by atoms with Crippen molar-refractivity contribution in [3.63, 3.8) is 0 Å². The van der Waals surface area contributed by atoms with Crippen LogP contribution in [0.1, 0.15) is 18.2 Å². The molecule has 5 heteroatoms. The molecule has 0 atom stereocenters. The van der Waals surface area contributed by atoms with E-state index in [1.807, 2.05) is 42.1 Å². The van der Waals surface area contributed by atoms with Crippen LogP contribution in [-0.2, 0) is 20.0 Å². The maximum Gasteiger partial charge on any atom is 0.148 e. The predicted molar refractivity (Wildman–Crippen MR) is 88.8 cm³/mol. The minimum absolute atomic E-state index is 0.290. The molecule has 0 aliphatic carbocycles. The van der Waals surface area contributed by atoms with Crippen LogP contribution < -0.4 is 5.32 Å². The van der Waals surface area contributed by atoms with Gasteiger partial charge < -0.3 is 5.32 Å². The smallest absolute Gasteiger partial charge is 0.148 e. The van der Waals surface area contributed by atoms with Gasteiger partial charge in [0.1, 0.15) is 5.82 Å². The zero-order valence-corrected chi connectivity index (χ0v) is 13.3. The summed E-state index contributed by atoms with van der Waals surface area (Å²) in [5.74, 6) is -0.290. The number of fused-ring (bicyclic) bond motifs is 1. The van der Waals surface area contributed by atoms with E-state index in [0.29, 0.717) is 22.8 Å². The van der Waals surface area contributed by atoms with Gasteiger partial charge in [0.25, 0.3) is 0 Å². The second-order valence-electron chi connectivity index (χ2n) is 5.25. The highest BCUT2D eigenvalue weighted by Crippen LogP contribution is 2.26. The topological polar surface area (TPSA) is 29.9 Å². The lowest BCUT2D eigenvalue weighted by molar-refractivity contribution is 0.631. The number of hydrogen-bond donors (Lipinski definition) is 1. The summed E-state index contributed by atoms with van der Waals surface area (Å²) >= 11 is 5.87. The zero-order valence-electron chi connectivity index (χ0n) is 12.5. The Morgan fingerprint density at radius 1 is 1.23 bits per heavy atom. The number of aromatic nitrogens is 2. The third-order valence-electron chi connectivity index (χ3n) is 3.78. The molecule has 0 bridgehead atoms. The molecule has 0 fully saturated rings. The van der Waals surface area contributed by atoms with Gasteiger partial charge in [-0.1, -0.05) is 30.7 Å². The number of rotatable bonds is 4. The standard InChI is InChI=1S/C17H17ClFN3/c1-3-17-13-8-16(14(19)9-15(13)21-22(17)2)20-10-11-4-6-12(18)7-5-11/h4-9,20H,3,10H2,1-2H3. The number of anilines is 1. The molecule has 3 aromatic rings. The molecule has 0 unspecified atom stereocenters. The van der Waals surface area contributed by atoms with Gasteiger partial charge in [-0.25, -0.2) is 4.39 Å². The van der Waals surface area contributed by atoms with Crippen molar-refractivity contribution >= 4 is 28.2 Å². The van der Waals surface area contributed by atoms with Gasteiger partial charge in [0.2, 0.25) is 0 Å². The molecule has 0 radical (unpaired) electrons. The predicted octanol–water partition coefficient (Wildman–Crippen LogP) is 4.54. The van der Waals surface area contributed by atoms with E-state index in [9.17, 15) is 4.39 Å². The normalized spacial score (nSPS) is 11.1. The molecule has 0 aliphatic rings. The summed E-state index contributed by atoms with van der Waals surface area (Å²) in [6.45, 7) is 2.61. The molecule has 0 saturated carbocycles. The maximum absolute atomic E-state index is 14.2. The van der Waals surface area contributed by atoms with Crippen LogP contribution in [0.5, 0.6) is 0 Å². The van der Waals surface area contributed by atoms with Crippen molar-refractivity contribution in [2.75, 3.05) is 5.32 Å². The number of nitrogens with zero attached hydrogens (tertiary/aromatic N) is 2. The van der Waals surface area contributed by atoms with Crippen LogP contribution in [0.25, 0.3) is 10.9 Å². The largest absolute Gasteiger partial charge is 0.379 e. The molecule has 22 heavy (non-hydrogen) atoms. The molecule has 0 spiro atoms. The van der Waals surface area contributed by atoms with Gasteiger partial charge in [0.05, 0.1) is 11.2 Å². The van der Waals surface area contributed by atoms with E-state index in [-0.39, 0.29) is 5.82 Å². The molecule has 1 aromatic heterocycles. The van der Waals surface area contributed by atoms with Crippen LogP contribution in [-0.4, -0.2) is 9.78 Å². The lowest BCUT2D eigenvalue weighted by Gasteiger charge is -2.08. The van der Waals surface area contributed by atoms with Crippen LogP contribution in [0.15, 0.2) is 36.4 Å². The van der Waals surface area contributed by atoms with Gasteiger partial charge in [0, 0.05) is 35.8 Å². The average Bonchev–Trinajstić information content (AvgIpc) is 2.80. The van der Waals surface area contributed by atoms with E-state index in [4.69, 9.17) is 11.6 Å².